The van der Waals surface area contributed by atoms with Crippen molar-refractivity contribution in [2.45, 2.75) is 58.3 Å². The Balaban J connectivity index is 1.77. The first-order valence-electron chi connectivity index (χ1n) is 10.7. The van der Waals surface area contributed by atoms with Crippen molar-refractivity contribution in [2.24, 2.45) is 7.05 Å². The molecular formula is C26H29N2+. The number of fused-ring (bicyclic) bond motifs is 5. The fourth-order valence-electron chi connectivity index (χ4n) is 5.45. The van der Waals surface area contributed by atoms with E-state index in [0.717, 1.165) is 12.1 Å². The highest BCUT2D eigenvalue weighted by atomic mass is 14.9. The summed E-state index contributed by atoms with van der Waals surface area (Å²) in [5.41, 5.74) is 12.3. The van der Waals surface area contributed by atoms with Crippen LogP contribution in [-0.4, -0.2) is 4.98 Å². The van der Waals surface area contributed by atoms with Gasteiger partial charge in [0.1, 0.15) is 7.05 Å². The van der Waals surface area contributed by atoms with Gasteiger partial charge in [-0.3, -0.25) is 4.98 Å². The highest BCUT2D eigenvalue weighted by Gasteiger charge is 2.46. The van der Waals surface area contributed by atoms with Crippen LogP contribution in [0.1, 0.15) is 60.7 Å². The van der Waals surface area contributed by atoms with Crippen LogP contribution in [0.3, 0.4) is 0 Å². The number of hydrogen-bond donors (Lipinski definition) is 0. The molecule has 0 radical (unpaired) electrons. The molecule has 0 aliphatic heterocycles. The molecule has 0 saturated heterocycles. The Morgan fingerprint density at radius 2 is 1.75 bits per heavy atom. The molecule has 2 aliphatic carbocycles. The van der Waals surface area contributed by atoms with Gasteiger partial charge in [0.25, 0.3) is 0 Å². The van der Waals surface area contributed by atoms with Crippen molar-refractivity contribution in [1.29, 1.82) is 0 Å². The van der Waals surface area contributed by atoms with Crippen molar-refractivity contribution in [3.63, 3.8) is 0 Å². The number of aryl methyl sites for hydroxylation is 4. The lowest BCUT2D eigenvalue weighted by molar-refractivity contribution is -0.660. The van der Waals surface area contributed by atoms with Crippen molar-refractivity contribution >= 4 is 0 Å². The minimum absolute atomic E-state index is 0.125. The predicted molar refractivity (Wildman–Crippen MR) is 114 cm³/mol. The molecule has 1 saturated carbocycles. The zero-order chi connectivity index (χ0) is 19.5. The van der Waals surface area contributed by atoms with E-state index in [9.17, 15) is 0 Å². The zero-order valence-corrected chi connectivity index (χ0v) is 17.5. The van der Waals surface area contributed by atoms with E-state index in [4.69, 9.17) is 4.98 Å². The first-order chi connectivity index (χ1) is 13.5. The van der Waals surface area contributed by atoms with Crippen molar-refractivity contribution in [1.82, 2.24) is 4.98 Å². The lowest BCUT2D eigenvalue weighted by atomic mass is 9.78. The van der Waals surface area contributed by atoms with Crippen LogP contribution < -0.4 is 4.57 Å². The number of hydrogen-bond acceptors (Lipinski definition) is 1. The minimum atomic E-state index is 0.125. The highest BCUT2D eigenvalue weighted by Crippen LogP contribution is 2.57. The molecule has 0 N–H and O–H groups in total. The Kier molecular flexibility index (Phi) is 3.94. The maximum atomic E-state index is 5.08. The molecule has 0 atom stereocenters. The number of nitrogens with zero attached hydrogens (tertiary/aromatic N) is 2. The second-order valence-corrected chi connectivity index (χ2v) is 8.74. The molecule has 0 amide bonds. The zero-order valence-electron chi connectivity index (χ0n) is 17.5. The summed E-state index contributed by atoms with van der Waals surface area (Å²) in [5.74, 6) is 0. The van der Waals surface area contributed by atoms with Gasteiger partial charge in [0.15, 0.2) is 6.20 Å². The first-order valence-corrected chi connectivity index (χ1v) is 10.7. The van der Waals surface area contributed by atoms with Crippen LogP contribution in [0, 0.1) is 13.8 Å². The van der Waals surface area contributed by atoms with E-state index in [1.807, 2.05) is 0 Å². The van der Waals surface area contributed by atoms with Gasteiger partial charge < -0.3 is 0 Å². The van der Waals surface area contributed by atoms with Crippen LogP contribution in [0.25, 0.3) is 22.4 Å². The van der Waals surface area contributed by atoms with Crippen LogP contribution in [0.2, 0.25) is 0 Å². The number of pyridine rings is 2. The SMILES string of the molecule is CCc1cc[n+](C)c(-c2cc3c(cc2C)-c2ccc(C)nc2C32CCCC2)c1. The molecule has 3 aromatic rings. The predicted octanol–water partition coefficient (Wildman–Crippen LogP) is 5.59. The van der Waals surface area contributed by atoms with Crippen LogP contribution in [0.15, 0.2) is 42.6 Å². The van der Waals surface area contributed by atoms with Gasteiger partial charge in [0.2, 0.25) is 5.69 Å². The first kappa shape index (κ1) is 17.6. The van der Waals surface area contributed by atoms with Gasteiger partial charge in [-0.1, -0.05) is 31.9 Å². The minimum Gasteiger partial charge on any atom is -0.257 e. The van der Waals surface area contributed by atoms with Crippen LogP contribution in [0.4, 0.5) is 0 Å². The van der Waals surface area contributed by atoms with Crippen molar-refractivity contribution in [3.05, 3.63) is 70.7 Å². The van der Waals surface area contributed by atoms with E-state index in [-0.39, 0.29) is 5.41 Å². The summed E-state index contributed by atoms with van der Waals surface area (Å²) in [6.07, 6.45) is 8.33. The standard InChI is InChI=1S/C26H29N2/c1-5-19-10-13-28(4)24(15-19)21-16-23-22(14-17(21)2)20-9-8-18(3)27-25(20)26(23)11-6-7-12-26/h8-10,13-16H,5-7,11-12H2,1-4H3/q+1. The molecule has 0 bridgehead atoms. The third kappa shape index (κ3) is 2.40. The van der Waals surface area contributed by atoms with Gasteiger partial charge >= 0.3 is 0 Å². The summed E-state index contributed by atoms with van der Waals surface area (Å²) in [5, 5.41) is 0. The lowest BCUT2D eigenvalue weighted by Gasteiger charge is -2.26. The second kappa shape index (κ2) is 6.27. The third-order valence-electron chi connectivity index (χ3n) is 7.01. The molecule has 2 aromatic heterocycles. The third-order valence-corrected chi connectivity index (χ3v) is 7.01. The average molecular weight is 370 g/mol. The molecule has 1 aromatic carbocycles. The molecule has 5 rings (SSSR count). The summed E-state index contributed by atoms with van der Waals surface area (Å²) < 4.78 is 2.26. The molecule has 1 fully saturated rings. The smallest absolute Gasteiger partial charge is 0.212 e. The second-order valence-electron chi connectivity index (χ2n) is 8.74. The molecule has 1 spiro atoms. The summed E-state index contributed by atoms with van der Waals surface area (Å²) >= 11 is 0. The van der Waals surface area contributed by atoms with Gasteiger partial charge in [-0.05, 0) is 67.5 Å². The Bertz CT molecular complexity index is 1090. The largest absolute Gasteiger partial charge is 0.257 e. The lowest BCUT2D eigenvalue weighted by Crippen LogP contribution is -2.31. The molecular weight excluding hydrogens is 340 g/mol. The number of benzene rings is 1. The Hall–Kier alpha value is -2.48. The molecule has 0 unspecified atom stereocenters. The van der Waals surface area contributed by atoms with Gasteiger partial charge in [0, 0.05) is 34.4 Å². The molecule has 2 heterocycles. The van der Waals surface area contributed by atoms with Gasteiger partial charge in [-0.2, -0.15) is 0 Å². The summed E-state index contributed by atoms with van der Waals surface area (Å²) in [7, 11) is 2.16. The summed E-state index contributed by atoms with van der Waals surface area (Å²) in [6, 6.07) is 14.0. The monoisotopic (exact) mass is 369 g/mol. The average Bonchev–Trinajstić information content (AvgIpc) is 3.27. The quantitative estimate of drug-likeness (QED) is 0.538. The Morgan fingerprint density at radius 1 is 0.964 bits per heavy atom. The topological polar surface area (TPSA) is 16.8 Å². The highest BCUT2D eigenvalue weighted by molar-refractivity contribution is 5.83. The Labute approximate surface area is 168 Å². The van der Waals surface area contributed by atoms with E-state index in [2.05, 4.69) is 75.0 Å². The number of aromatic nitrogens is 2. The fraction of sp³-hybridized carbons (Fsp3) is 0.385. The van der Waals surface area contributed by atoms with Crippen LogP contribution in [-0.2, 0) is 18.9 Å². The summed E-state index contributed by atoms with van der Waals surface area (Å²) in [6.45, 7) is 6.61. The molecule has 28 heavy (non-hydrogen) atoms. The van der Waals surface area contributed by atoms with E-state index < -0.39 is 0 Å². The van der Waals surface area contributed by atoms with Crippen molar-refractivity contribution in [3.8, 4) is 22.4 Å². The normalized spacial score (nSPS) is 16.4. The molecule has 142 valence electrons. The Morgan fingerprint density at radius 3 is 2.50 bits per heavy atom. The summed E-state index contributed by atoms with van der Waals surface area (Å²) in [4.78, 5) is 5.08. The van der Waals surface area contributed by atoms with Crippen molar-refractivity contribution in [2.75, 3.05) is 0 Å². The van der Waals surface area contributed by atoms with Gasteiger partial charge in [-0.25, -0.2) is 4.57 Å². The number of rotatable bonds is 2. The van der Waals surface area contributed by atoms with E-state index >= 15 is 0 Å². The maximum absolute atomic E-state index is 5.08. The fourth-order valence-corrected chi connectivity index (χ4v) is 5.45. The van der Waals surface area contributed by atoms with Crippen LogP contribution in [0.5, 0.6) is 0 Å². The van der Waals surface area contributed by atoms with Crippen molar-refractivity contribution < 1.29 is 4.57 Å². The van der Waals surface area contributed by atoms with Gasteiger partial charge in [0.05, 0.1) is 5.69 Å². The molecule has 2 nitrogen and oxygen atoms in total. The molecule has 2 aliphatic rings. The van der Waals surface area contributed by atoms with E-state index in [1.54, 1.807) is 0 Å². The maximum Gasteiger partial charge on any atom is 0.212 e. The van der Waals surface area contributed by atoms with Crippen LogP contribution >= 0.6 is 0 Å². The van der Waals surface area contributed by atoms with E-state index in [0.29, 0.717) is 0 Å². The molecule has 2 heteroatoms. The van der Waals surface area contributed by atoms with E-state index in [1.165, 1.54) is 70.5 Å². The van der Waals surface area contributed by atoms with Gasteiger partial charge in [-0.15, -0.1) is 0 Å².